The third-order valence-corrected chi connectivity index (χ3v) is 6.62. The Balaban J connectivity index is 1.27. The molecule has 7 nitrogen and oxygen atoms in total. The lowest BCUT2D eigenvalue weighted by atomic mass is 9.96. The fourth-order valence-corrected chi connectivity index (χ4v) is 4.57. The number of carbonyl (C=O) groups excluding carboxylic acids is 2. The predicted octanol–water partition coefficient (Wildman–Crippen LogP) is 3.87. The Labute approximate surface area is 207 Å². The molecule has 2 amide bonds. The van der Waals surface area contributed by atoms with Crippen molar-refractivity contribution in [2.75, 3.05) is 19.7 Å². The Morgan fingerprint density at radius 3 is 2.51 bits per heavy atom. The van der Waals surface area contributed by atoms with Crippen molar-refractivity contribution in [1.29, 1.82) is 0 Å². The van der Waals surface area contributed by atoms with E-state index in [1.165, 1.54) is 5.56 Å². The van der Waals surface area contributed by atoms with Gasteiger partial charge < -0.3 is 15.0 Å². The number of nitrogens with zero attached hydrogens (tertiary/aromatic N) is 3. The number of rotatable bonds is 9. The van der Waals surface area contributed by atoms with E-state index in [9.17, 15) is 9.59 Å². The number of aryl methyl sites for hydroxylation is 1. The summed E-state index contributed by atoms with van der Waals surface area (Å²) in [5.74, 6) is 0.599. The number of nitrogens with one attached hydrogen (secondary N) is 1. The number of piperidine rings is 1. The first-order chi connectivity index (χ1) is 17.0. The molecule has 0 aliphatic carbocycles. The number of carbonyl (C=O) groups is 2. The van der Waals surface area contributed by atoms with Crippen LogP contribution in [0.3, 0.4) is 0 Å². The Bertz CT molecular complexity index is 1130. The van der Waals surface area contributed by atoms with Crippen LogP contribution in [0.25, 0.3) is 0 Å². The Hall–Kier alpha value is -3.61. The zero-order valence-corrected chi connectivity index (χ0v) is 20.6. The molecule has 0 saturated carbocycles. The van der Waals surface area contributed by atoms with Crippen LogP contribution in [0.1, 0.15) is 41.8 Å². The smallest absolute Gasteiger partial charge is 0.226 e. The van der Waals surface area contributed by atoms with E-state index in [4.69, 9.17) is 4.74 Å². The molecule has 1 unspecified atom stereocenters. The molecule has 2 heterocycles. The molecular weight excluding hydrogens is 440 g/mol. The van der Waals surface area contributed by atoms with Crippen LogP contribution in [0.5, 0.6) is 5.75 Å². The van der Waals surface area contributed by atoms with Gasteiger partial charge in [-0.15, -0.1) is 0 Å². The first kappa shape index (κ1) is 24.5. The van der Waals surface area contributed by atoms with Gasteiger partial charge in [-0.05, 0) is 44.4 Å². The van der Waals surface area contributed by atoms with Crippen LogP contribution < -0.4 is 10.1 Å². The predicted molar refractivity (Wildman–Crippen MR) is 135 cm³/mol. The molecule has 3 aromatic rings. The molecule has 0 radical (unpaired) electrons. The van der Waals surface area contributed by atoms with Crippen LogP contribution in [-0.4, -0.2) is 46.2 Å². The second-order valence-corrected chi connectivity index (χ2v) is 9.10. The van der Waals surface area contributed by atoms with E-state index in [0.717, 1.165) is 35.5 Å². The van der Waals surface area contributed by atoms with E-state index in [1.807, 2.05) is 67.1 Å². The maximum Gasteiger partial charge on any atom is 0.226 e. The van der Waals surface area contributed by atoms with Gasteiger partial charge in [0.2, 0.25) is 11.8 Å². The van der Waals surface area contributed by atoms with Gasteiger partial charge in [0, 0.05) is 30.9 Å². The number of amides is 2. The van der Waals surface area contributed by atoms with E-state index in [1.54, 1.807) is 4.90 Å². The van der Waals surface area contributed by atoms with E-state index >= 15 is 0 Å². The lowest BCUT2D eigenvalue weighted by Crippen LogP contribution is -2.45. The van der Waals surface area contributed by atoms with Gasteiger partial charge in [-0.2, -0.15) is 5.10 Å². The summed E-state index contributed by atoms with van der Waals surface area (Å²) in [6.07, 6.45) is 1.93. The van der Waals surface area contributed by atoms with Gasteiger partial charge in [-0.25, -0.2) is 0 Å². The zero-order chi connectivity index (χ0) is 24.6. The van der Waals surface area contributed by atoms with Crippen molar-refractivity contribution in [3.8, 4) is 5.75 Å². The number of likely N-dealkylation sites (tertiary alicyclic amines) is 1. The summed E-state index contributed by atoms with van der Waals surface area (Å²) >= 11 is 0. The number of aromatic nitrogens is 2. The zero-order valence-electron chi connectivity index (χ0n) is 20.6. The number of para-hydroxylation sites is 1. The molecule has 1 N–H and O–H groups in total. The molecule has 1 fully saturated rings. The highest BCUT2D eigenvalue weighted by molar-refractivity contribution is 5.81. The van der Waals surface area contributed by atoms with Crippen LogP contribution in [0.15, 0.2) is 60.7 Å². The van der Waals surface area contributed by atoms with E-state index < -0.39 is 0 Å². The van der Waals surface area contributed by atoms with Crippen LogP contribution in [0.4, 0.5) is 0 Å². The number of benzene rings is 2. The average Bonchev–Trinajstić information content (AvgIpc) is 3.15. The topological polar surface area (TPSA) is 76.5 Å². The fraction of sp³-hybridized carbons (Fsp3) is 0.393. The van der Waals surface area contributed by atoms with Crippen molar-refractivity contribution >= 4 is 11.8 Å². The summed E-state index contributed by atoms with van der Waals surface area (Å²) in [5.41, 5.74) is 4.23. The molecule has 7 heteroatoms. The molecule has 1 atom stereocenters. The van der Waals surface area contributed by atoms with E-state index in [-0.39, 0.29) is 17.7 Å². The van der Waals surface area contributed by atoms with Crippen molar-refractivity contribution in [2.45, 2.75) is 46.2 Å². The van der Waals surface area contributed by atoms with Gasteiger partial charge >= 0.3 is 0 Å². The lowest BCUT2D eigenvalue weighted by molar-refractivity contribution is -0.136. The van der Waals surface area contributed by atoms with Gasteiger partial charge in [0.1, 0.15) is 5.75 Å². The molecule has 1 aliphatic rings. The minimum Gasteiger partial charge on any atom is -0.493 e. The summed E-state index contributed by atoms with van der Waals surface area (Å²) in [4.78, 5) is 27.4. The molecule has 0 spiro atoms. The van der Waals surface area contributed by atoms with E-state index in [0.29, 0.717) is 39.2 Å². The summed E-state index contributed by atoms with van der Waals surface area (Å²) < 4.78 is 7.65. The molecule has 2 aromatic carbocycles. The van der Waals surface area contributed by atoms with Crippen molar-refractivity contribution in [2.24, 2.45) is 5.92 Å². The highest BCUT2D eigenvalue weighted by Crippen LogP contribution is 2.19. The third-order valence-electron chi connectivity index (χ3n) is 6.62. The lowest BCUT2D eigenvalue weighted by Gasteiger charge is -2.32. The molecule has 1 aromatic heterocycles. The molecular formula is C28H34N4O3. The van der Waals surface area contributed by atoms with Crippen LogP contribution in [0, 0.1) is 19.8 Å². The van der Waals surface area contributed by atoms with Crippen LogP contribution >= 0.6 is 0 Å². The maximum atomic E-state index is 13.0. The maximum absolute atomic E-state index is 13.0. The minimum atomic E-state index is -0.192. The molecule has 1 saturated heterocycles. The molecule has 0 bridgehead atoms. The second kappa shape index (κ2) is 11.7. The van der Waals surface area contributed by atoms with Gasteiger partial charge in [0.05, 0.1) is 31.2 Å². The number of hydrogen-bond acceptors (Lipinski definition) is 4. The fourth-order valence-electron chi connectivity index (χ4n) is 4.57. The van der Waals surface area contributed by atoms with Crippen LogP contribution in [0.2, 0.25) is 0 Å². The van der Waals surface area contributed by atoms with Crippen molar-refractivity contribution < 1.29 is 14.3 Å². The SMILES string of the molecule is Cc1nn(Cc2ccccc2)c(C)c1CNC(=O)C1CCCN(C(=O)CCOc2ccccc2)C1. The summed E-state index contributed by atoms with van der Waals surface area (Å²) in [6, 6.07) is 19.7. The van der Waals surface area contributed by atoms with Crippen LogP contribution in [-0.2, 0) is 22.7 Å². The number of hydrogen-bond donors (Lipinski definition) is 1. The quantitative estimate of drug-likeness (QED) is 0.511. The largest absolute Gasteiger partial charge is 0.493 e. The van der Waals surface area contributed by atoms with Gasteiger partial charge in [-0.1, -0.05) is 48.5 Å². The molecule has 35 heavy (non-hydrogen) atoms. The molecule has 4 rings (SSSR count). The van der Waals surface area contributed by atoms with Gasteiger partial charge in [0.25, 0.3) is 0 Å². The highest BCUT2D eigenvalue weighted by Gasteiger charge is 2.28. The first-order valence-corrected chi connectivity index (χ1v) is 12.3. The Morgan fingerprint density at radius 1 is 1.06 bits per heavy atom. The van der Waals surface area contributed by atoms with Crippen molar-refractivity contribution in [3.63, 3.8) is 0 Å². The number of ether oxygens (including phenoxy) is 1. The Kier molecular flexibility index (Phi) is 8.19. The summed E-state index contributed by atoms with van der Waals surface area (Å²) in [7, 11) is 0. The van der Waals surface area contributed by atoms with Gasteiger partial charge in [0.15, 0.2) is 0 Å². The van der Waals surface area contributed by atoms with E-state index in [2.05, 4.69) is 22.5 Å². The summed E-state index contributed by atoms with van der Waals surface area (Å²) in [6.45, 7) is 6.66. The average molecular weight is 475 g/mol. The normalized spacial score (nSPS) is 15.6. The standard InChI is InChI=1S/C28H34N4O3/c1-21-26(22(2)32(30-21)19-23-10-5-3-6-11-23)18-29-28(34)24-12-9-16-31(20-24)27(33)15-17-35-25-13-7-4-8-14-25/h3-8,10-11,13-14,24H,9,12,15-20H2,1-2H3,(H,29,34). The molecule has 1 aliphatic heterocycles. The van der Waals surface area contributed by atoms with Crippen molar-refractivity contribution in [3.05, 3.63) is 83.2 Å². The Morgan fingerprint density at radius 2 is 1.77 bits per heavy atom. The third kappa shape index (κ3) is 6.50. The second-order valence-electron chi connectivity index (χ2n) is 9.10. The minimum absolute atomic E-state index is 0.00218. The monoisotopic (exact) mass is 474 g/mol. The highest BCUT2D eigenvalue weighted by atomic mass is 16.5. The molecule has 184 valence electrons. The first-order valence-electron chi connectivity index (χ1n) is 12.3. The summed E-state index contributed by atoms with van der Waals surface area (Å²) in [5, 5.41) is 7.78. The van der Waals surface area contributed by atoms with Crippen molar-refractivity contribution in [1.82, 2.24) is 20.0 Å². The van der Waals surface area contributed by atoms with Gasteiger partial charge in [-0.3, -0.25) is 14.3 Å².